The maximum absolute atomic E-state index is 11.6. The molecule has 8 nitrogen and oxygen atoms in total. The number of pyridine rings is 1. The van der Waals surface area contributed by atoms with E-state index in [1.165, 1.54) is 19.4 Å². The molecule has 23 heavy (non-hydrogen) atoms. The van der Waals surface area contributed by atoms with Crippen molar-refractivity contribution >= 4 is 17.5 Å². The number of aromatic nitrogens is 1. The van der Waals surface area contributed by atoms with E-state index >= 15 is 0 Å². The monoisotopic (exact) mass is 321 g/mol. The van der Waals surface area contributed by atoms with Crippen LogP contribution in [0.4, 0.5) is 11.5 Å². The van der Waals surface area contributed by atoms with Crippen LogP contribution in [0.5, 0.6) is 0 Å². The highest BCUT2D eigenvalue weighted by Gasteiger charge is 2.39. The molecule has 0 amide bonds. The van der Waals surface area contributed by atoms with Crippen LogP contribution >= 0.6 is 0 Å². The molecule has 2 heterocycles. The summed E-state index contributed by atoms with van der Waals surface area (Å²) in [5, 5.41) is 11.4. The van der Waals surface area contributed by atoms with Crippen molar-refractivity contribution in [3.05, 3.63) is 27.9 Å². The maximum Gasteiger partial charge on any atom is 0.339 e. The van der Waals surface area contributed by atoms with Crippen molar-refractivity contribution in [3.63, 3.8) is 0 Å². The summed E-state index contributed by atoms with van der Waals surface area (Å²) in [7, 11) is 1.23. The van der Waals surface area contributed by atoms with Crippen LogP contribution in [0.15, 0.2) is 12.3 Å². The second-order valence-corrected chi connectivity index (χ2v) is 6.04. The predicted molar refractivity (Wildman–Crippen MR) is 81.5 cm³/mol. The van der Waals surface area contributed by atoms with Gasteiger partial charge in [0, 0.05) is 25.4 Å². The normalized spacial score (nSPS) is 24.3. The van der Waals surface area contributed by atoms with E-state index < -0.39 is 10.9 Å². The molecule has 1 aromatic rings. The van der Waals surface area contributed by atoms with Gasteiger partial charge < -0.3 is 14.4 Å². The minimum atomic E-state index is -0.640. The molecule has 1 saturated heterocycles. The summed E-state index contributed by atoms with van der Waals surface area (Å²) in [6.45, 7) is 3.07. The number of methoxy groups -OCH3 is 1. The third kappa shape index (κ3) is 3.26. The molecule has 124 valence electrons. The highest BCUT2D eigenvalue weighted by molar-refractivity contribution is 5.90. The van der Waals surface area contributed by atoms with Gasteiger partial charge in [-0.1, -0.05) is 0 Å². The molecule has 8 heteroatoms. The molecular formula is C15H19N3O5. The number of rotatable bonds is 4. The van der Waals surface area contributed by atoms with E-state index in [4.69, 9.17) is 4.74 Å². The Hall–Kier alpha value is -2.22. The number of hydrogen-bond acceptors (Lipinski definition) is 7. The Labute approximate surface area is 133 Å². The Morgan fingerprint density at radius 1 is 1.48 bits per heavy atom. The lowest BCUT2D eigenvalue weighted by atomic mass is 10.1. The summed E-state index contributed by atoms with van der Waals surface area (Å²) in [6.07, 6.45) is 3.67. The first kappa shape index (κ1) is 15.7. The van der Waals surface area contributed by atoms with Gasteiger partial charge in [-0.05, 0) is 25.7 Å². The zero-order valence-electron chi connectivity index (χ0n) is 13.1. The summed E-state index contributed by atoms with van der Waals surface area (Å²) < 4.78 is 10.5. The molecule has 0 bridgehead atoms. The van der Waals surface area contributed by atoms with Crippen LogP contribution in [0.3, 0.4) is 0 Å². The average molecular weight is 321 g/mol. The number of morpholine rings is 1. The number of esters is 1. The first-order valence-corrected chi connectivity index (χ1v) is 7.62. The van der Waals surface area contributed by atoms with Gasteiger partial charge in [-0.25, -0.2) is 9.78 Å². The zero-order valence-corrected chi connectivity index (χ0v) is 13.1. The van der Waals surface area contributed by atoms with Gasteiger partial charge in [0.05, 0.1) is 29.8 Å². The molecule has 0 unspecified atom stereocenters. The molecule has 2 aliphatic rings. The first-order chi connectivity index (χ1) is 11.0. The molecule has 1 aliphatic carbocycles. The lowest BCUT2D eigenvalue weighted by Gasteiger charge is -2.37. The highest BCUT2D eigenvalue weighted by Crippen LogP contribution is 2.38. The molecule has 0 radical (unpaired) electrons. The number of hydrogen-bond donors (Lipinski definition) is 0. The fourth-order valence-electron chi connectivity index (χ4n) is 2.94. The van der Waals surface area contributed by atoms with Gasteiger partial charge in [0.2, 0.25) is 5.82 Å². The SMILES string of the molecule is COC(=O)c1cnc(N2C[C@@H](C)O[C@@H](C3CC3)C2)c([N+](=O)[O-])c1. The van der Waals surface area contributed by atoms with Gasteiger partial charge in [-0.3, -0.25) is 10.1 Å². The molecule has 1 saturated carbocycles. The first-order valence-electron chi connectivity index (χ1n) is 7.62. The fourth-order valence-corrected chi connectivity index (χ4v) is 2.94. The van der Waals surface area contributed by atoms with Crippen LogP contribution in [0.25, 0.3) is 0 Å². The van der Waals surface area contributed by atoms with Crippen molar-refractivity contribution in [2.24, 2.45) is 5.92 Å². The van der Waals surface area contributed by atoms with Crippen molar-refractivity contribution in [3.8, 4) is 0 Å². The van der Waals surface area contributed by atoms with E-state index in [1.54, 1.807) is 0 Å². The Morgan fingerprint density at radius 3 is 2.83 bits per heavy atom. The largest absolute Gasteiger partial charge is 0.465 e. The lowest BCUT2D eigenvalue weighted by Crippen LogP contribution is -2.48. The molecule has 2 atom stereocenters. The zero-order chi connectivity index (χ0) is 16.6. The van der Waals surface area contributed by atoms with E-state index in [1.807, 2.05) is 11.8 Å². The molecule has 0 spiro atoms. The minimum Gasteiger partial charge on any atom is -0.465 e. The van der Waals surface area contributed by atoms with E-state index in [9.17, 15) is 14.9 Å². The van der Waals surface area contributed by atoms with Crippen molar-refractivity contribution in [1.29, 1.82) is 0 Å². The van der Waals surface area contributed by atoms with Gasteiger partial charge in [0.15, 0.2) is 0 Å². The van der Waals surface area contributed by atoms with Gasteiger partial charge in [-0.2, -0.15) is 0 Å². The maximum atomic E-state index is 11.6. The Kier molecular flexibility index (Phi) is 4.16. The Balaban J connectivity index is 1.91. The number of carbonyl (C=O) groups is 1. The number of carbonyl (C=O) groups excluding carboxylic acids is 1. The highest BCUT2D eigenvalue weighted by atomic mass is 16.6. The number of nitrogens with zero attached hydrogens (tertiary/aromatic N) is 3. The third-order valence-electron chi connectivity index (χ3n) is 4.20. The summed E-state index contributed by atoms with van der Waals surface area (Å²) >= 11 is 0. The van der Waals surface area contributed by atoms with Crippen LogP contribution in [0.1, 0.15) is 30.1 Å². The third-order valence-corrected chi connectivity index (χ3v) is 4.20. The lowest BCUT2D eigenvalue weighted by molar-refractivity contribution is -0.384. The van der Waals surface area contributed by atoms with Crippen molar-refractivity contribution < 1.29 is 19.2 Å². The average Bonchev–Trinajstić information content (AvgIpc) is 3.37. The molecule has 1 aliphatic heterocycles. The van der Waals surface area contributed by atoms with Crippen LogP contribution in [0, 0.1) is 16.0 Å². The van der Waals surface area contributed by atoms with Crippen LogP contribution in [0.2, 0.25) is 0 Å². The second kappa shape index (κ2) is 6.11. The topological polar surface area (TPSA) is 94.8 Å². The smallest absolute Gasteiger partial charge is 0.339 e. The second-order valence-electron chi connectivity index (χ2n) is 6.04. The summed E-state index contributed by atoms with van der Waals surface area (Å²) in [5.74, 6) is 0.176. The van der Waals surface area contributed by atoms with Crippen LogP contribution in [-0.4, -0.2) is 48.3 Å². The van der Waals surface area contributed by atoms with Gasteiger partial charge in [-0.15, -0.1) is 0 Å². The van der Waals surface area contributed by atoms with E-state index in [0.717, 1.165) is 12.8 Å². The van der Waals surface area contributed by atoms with Crippen molar-refractivity contribution in [2.45, 2.75) is 32.0 Å². The van der Waals surface area contributed by atoms with Crippen molar-refractivity contribution in [1.82, 2.24) is 4.98 Å². The van der Waals surface area contributed by atoms with E-state index in [-0.39, 0.29) is 29.3 Å². The van der Waals surface area contributed by atoms with Crippen LogP contribution < -0.4 is 4.90 Å². The Morgan fingerprint density at radius 2 is 2.22 bits per heavy atom. The summed E-state index contributed by atoms with van der Waals surface area (Å²) in [4.78, 5) is 28.5. The molecule has 0 N–H and O–H groups in total. The van der Waals surface area contributed by atoms with Gasteiger partial charge >= 0.3 is 11.7 Å². The summed E-state index contributed by atoms with van der Waals surface area (Å²) in [5.41, 5.74) is -0.112. The van der Waals surface area contributed by atoms with Crippen molar-refractivity contribution in [2.75, 3.05) is 25.1 Å². The van der Waals surface area contributed by atoms with E-state index in [0.29, 0.717) is 19.0 Å². The molecule has 1 aromatic heterocycles. The standard InChI is InChI=1S/C15H19N3O5/c1-9-7-17(8-13(23-9)10-3-4-10)14-12(18(20)21)5-11(6-16-14)15(19)22-2/h5-6,9-10,13H,3-4,7-8H2,1-2H3/t9-,13-/m1/s1. The number of ether oxygens (including phenoxy) is 2. The fraction of sp³-hybridized carbons (Fsp3) is 0.600. The number of nitro groups is 1. The van der Waals surface area contributed by atoms with Gasteiger partial charge in [0.25, 0.3) is 0 Å². The molecule has 0 aromatic carbocycles. The molecular weight excluding hydrogens is 302 g/mol. The van der Waals surface area contributed by atoms with E-state index in [2.05, 4.69) is 9.72 Å². The molecule has 2 fully saturated rings. The Bertz CT molecular complexity index is 632. The quantitative estimate of drug-likeness (QED) is 0.474. The predicted octanol–water partition coefficient (Wildman–Crippen LogP) is 1.78. The van der Waals surface area contributed by atoms with Gasteiger partial charge in [0.1, 0.15) is 0 Å². The van der Waals surface area contributed by atoms with Crippen LogP contribution in [-0.2, 0) is 9.47 Å². The number of anilines is 1. The molecule has 3 rings (SSSR count). The minimum absolute atomic E-state index is 0.0176. The summed E-state index contributed by atoms with van der Waals surface area (Å²) in [6, 6.07) is 1.22.